The fraction of sp³-hybridized carbons (Fsp3) is 0.409. The molecular weight excluding hydrogens is 386 g/mol. The van der Waals surface area contributed by atoms with Crippen LogP contribution in [0.4, 0.5) is 5.82 Å². The standard InChI is InChI=1S/C22H26ClN5O/c1-16(2)20-25-22(29-26-20)19-8-4-9-24-21(19)28-11-5-10-27(12-13-28)15-17-6-3-7-18(23)14-17/h3-4,6-9,14,16H,5,10-13,15H2,1-2H3. The zero-order chi connectivity index (χ0) is 20.2. The maximum absolute atomic E-state index is 6.14. The van der Waals surface area contributed by atoms with E-state index in [-0.39, 0.29) is 5.92 Å². The van der Waals surface area contributed by atoms with Crippen LogP contribution < -0.4 is 4.90 Å². The number of hydrogen-bond acceptors (Lipinski definition) is 6. The van der Waals surface area contributed by atoms with Crippen molar-refractivity contribution in [3.63, 3.8) is 0 Å². The lowest BCUT2D eigenvalue weighted by atomic mass is 10.2. The highest BCUT2D eigenvalue weighted by molar-refractivity contribution is 6.30. The van der Waals surface area contributed by atoms with Crippen LogP contribution in [0.3, 0.4) is 0 Å². The first kappa shape index (κ1) is 19.9. The van der Waals surface area contributed by atoms with Gasteiger partial charge in [0.2, 0.25) is 0 Å². The normalized spacial score (nSPS) is 15.7. The minimum Gasteiger partial charge on any atom is -0.355 e. The average molecular weight is 412 g/mol. The summed E-state index contributed by atoms with van der Waals surface area (Å²) in [5, 5.41) is 4.90. The van der Waals surface area contributed by atoms with Crippen molar-refractivity contribution in [1.82, 2.24) is 20.0 Å². The van der Waals surface area contributed by atoms with Gasteiger partial charge in [-0.2, -0.15) is 4.98 Å². The highest BCUT2D eigenvalue weighted by atomic mass is 35.5. The topological polar surface area (TPSA) is 58.3 Å². The Hall–Kier alpha value is -2.44. The molecule has 3 aromatic rings. The number of hydrogen-bond donors (Lipinski definition) is 0. The summed E-state index contributed by atoms with van der Waals surface area (Å²) in [6.45, 7) is 8.87. The lowest BCUT2D eigenvalue weighted by Crippen LogP contribution is -2.31. The maximum atomic E-state index is 6.14. The van der Waals surface area contributed by atoms with Gasteiger partial charge in [-0.1, -0.05) is 42.7 Å². The molecule has 0 saturated carbocycles. The van der Waals surface area contributed by atoms with E-state index in [9.17, 15) is 0 Å². The van der Waals surface area contributed by atoms with Crippen LogP contribution in [0.2, 0.25) is 5.02 Å². The molecule has 4 rings (SSSR count). The van der Waals surface area contributed by atoms with Crippen molar-refractivity contribution in [2.24, 2.45) is 0 Å². The van der Waals surface area contributed by atoms with Crippen LogP contribution in [0.1, 0.15) is 37.6 Å². The molecule has 6 nitrogen and oxygen atoms in total. The van der Waals surface area contributed by atoms with Crippen molar-refractivity contribution < 1.29 is 4.52 Å². The van der Waals surface area contributed by atoms with Crippen LogP contribution in [0, 0.1) is 0 Å². The Morgan fingerprint density at radius 3 is 2.79 bits per heavy atom. The summed E-state index contributed by atoms with van der Waals surface area (Å²) in [6.07, 6.45) is 2.89. The predicted octanol–water partition coefficient (Wildman–Crippen LogP) is 4.62. The Bertz CT molecular complexity index is 958. The van der Waals surface area contributed by atoms with Crippen molar-refractivity contribution in [3.8, 4) is 11.5 Å². The van der Waals surface area contributed by atoms with E-state index in [2.05, 4.69) is 44.8 Å². The van der Waals surface area contributed by atoms with Crippen LogP contribution >= 0.6 is 11.6 Å². The molecule has 0 bridgehead atoms. The van der Waals surface area contributed by atoms with Crippen molar-refractivity contribution >= 4 is 17.4 Å². The Kier molecular flexibility index (Phi) is 6.11. The molecule has 1 aromatic carbocycles. The lowest BCUT2D eigenvalue weighted by molar-refractivity contribution is 0.285. The first-order valence-electron chi connectivity index (χ1n) is 10.1. The molecule has 0 spiro atoms. The lowest BCUT2D eigenvalue weighted by Gasteiger charge is -2.24. The van der Waals surface area contributed by atoms with E-state index in [1.54, 1.807) is 0 Å². The Balaban J connectivity index is 1.49. The van der Waals surface area contributed by atoms with Gasteiger partial charge in [-0.15, -0.1) is 0 Å². The first-order valence-corrected chi connectivity index (χ1v) is 10.5. The number of halogens is 1. The zero-order valence-electron chi connectivity index (χ0n) is 16.9. The quantitative estimate of drug-likeness (QED) is 0.610. The van der Waals surface area contributed by atoms with Gasteiger partial charge in [0.1, 0.15) is 5.82 Å². The summed E-state index contributed by atoms with van der Waals surface area (Å²) in [4.78, 5) is 14.0. The second kappa shape index (κ2) is 8.93. The maximum Gasteiger partial charge on any atom is 0.261 e. The summed E-state index contributed by atoms with van der Waals surface area (Å²) in [5.74, 6) is 2.40. The van der Waals surface area contributed by atoms with E-state index in [0.717, 1.165) is 61.4 Å². The third kappa shape index (κ3) is 4.77. The SMILES string of the molecule is CC(C)c1noc(-c2cccnc2N2CCCN(Cc3cccc(Cl)c3)CC2)n1. The largest absolute Gasteiger partial charge is 0.355 e. The molecule has 0 amide bonds. The average Bonchev–Trinajstić information content (AvgIpc) is 3.10. The van der Waals surface area contributed by atoms with Crippen molar-refractivity contribution in [2.45, 2.75) is 32.7 Å². The zero-order valence-corrected chi connectivity index (χ0v) is 17.6. The fourth-order valence-electron chi connectivity index (χ4n) is 3.63. The highest BCUT2D eigenvalue weighted by Gasteiger charge is 2.22. The minimum atomic E-state index is 0.228. The van der Waals surface area contributed by atoms with Gasteiger partial charge in [-0.05, 0) is 36.2 Å². The molecule has 0 radical (unpaired) electrons. The van der Waals surface area contributed by atoms with E-state index < -0.39 is 0 Å². The predicted molar refractivity (Wildman–Crippen MR) is 115 cm³/mol. The Labute approximate surface area is 176 Å². The molecule has 1 fully saturated rings. The summed E-state index contributed by atoms with van der Waals surface area (Å²) < 4.78 is 5.54. The summed E-state index contributed by atoms with van der Waals surface area (Å²) in [7, 11) is 0. The van der Waals surface area contributed by atoms with Gasteiger partial charge in [0.05, 0.1) is 5.56 Å². The van der Waals surface area contributed by atoms with Crippen LogP contribution in [0.15, 0.2) is 47.1 Å². The second-order valence-corrected chi connectivity index (χ2v) is 8.17. The number of rotatable bonds is 5. The van der Waals surface area contributed by atoms with Gasteiger partial charge in [-0.3, -0.25) is 4.90 Å². The van der Waals surface area contributed by atoms with Crippen LogP contribution in [-0.4, -0.2) is 46.2 Å². The Morgan fingerprint density at radius 2 is 2.00 bits per heavy atom. The molecule has 0 N–H and O–H groups in total. The molecule has 29 heavy (non-hydrogen) atoms. The van der Waals surface area contributed by atoms with Crippen LogP contribution in [0.5, 0.6) is 0 Å². The summed E-state index contributed by atoms with van der Waals surface area (Å²) in [6, 6.07) is 12.0. The fourth-order valence-corrected chi connectivity index (χ4v) is 3.84. The number of anilines is 1. The van der Waals surface area contributed by atoms with Crippen molar-refractivity contribution in [3.05, 3.63) is 59.0 Å². The van der Waals surface area contributed by atoms with Gasteiger partial charge >= 0.3 is 0 Å². The third-order valence-corrected chi connectivity index (χ3v) is 5.39. The summed E-state index contributed by atoms with van der Waals surface area (Å²) in [5.41, 5.74) is 2.15. The number of pyridine rings is 1. The molecular formula is C22H26ClN5O. The van der Waals surface area contributed by atoms with Gasteiger partial charge in [0.25, 0.3) is 5.89 Å². The van der Waals surface area contributed by atoms with Gasteiger partial charge in [0.15, 0.2) is 5.82 Å². The first-order chi connectivity index (χ1) is 14.1. The Morgan fingerprint density at radius 1 is 1.10 bits per heavy atom. The van der Waals surface area contributed by atoms with E-state index in [1.807, 2.05) is 36.5 Å². The highest BCUT2D eigenvalue weighted by Crippen LogP contribution is 2.29. The molecule has 1 saturated heterocycles. The van der Waals surface area contributed by atoms with E-state index in [0.29, 0.717) is 5.89 Å². The van der Waals surface area contributed by atoms with Gasteiger partial charge in [-0.25, -0.2) is 4.98 Å². The molecule has 1 aliphatic heterocycles. The molecule has 152 valence electrons. The van der Waals surface area contributed by atoms with Gasteiger partial charge < -0.3 is 9.42 Å². The molecule has 7 heteroatoms. The molecule has 0 aliphatic carbocycles. The smallest absolute Gasteiger partial charge is 0.261 e. The van der Waals surface area contributed by atoms with Gasteiger partial charge in [0, 0.05) is 49.9 Å². The van der Waals surface area contributed by atoms with Crippen molar-refractivity contribution in [1.29, 1.82) is 0 Å². The van der Waals surface area contributed by atoms with Crippen LogP contribution in [0.25, 0.3) is 11.5 Å². The van der Waals surface area contributed by atoms with E-state index in [1.165, 1.54) is 5.56 Å². The third-order valence-electron chi connectivity index (χ3n) is 5.16. The van der Waals surface area contributed by atoms with E-state index >= 15 is 0 Å². The molecule has 1 aliphatic rings. The molecule has 2 aromatic heterocycles. The minimum absolute atomic E-state index is 0.228. The van der Waals surface area contributed by atoms with Crippen LogP contribution in [-0.2, 0) is 6.54 Å². The molecule has 0 unspecified atom stereocenters. The molecule has 3 heterocycles. The number of aromatic nitrogens is 3. The molecule has 0 atom stereocenters. The monoisotopic (exact) mass is 411 g/mol. The van der Waals surface area contributed by atoms with Crippen molar-refractivity contribution in [2.75, 3.05) is 31.1 Å². The van der Waals surface area contributed by atoms with E-state index in [4.69, 9.17) is 16.1 Å². The summed E-state index contributed by atoms with van der Waals surface area (Å²) >= 11 is 6.14. The number of benzene rings is 1. The number of nitrogens with zero attached hydrogens (tertiary/aromatic N) is 5. The second-order valence-electron chi connectivity index (χ2n) is 7.73.